The van der Waals surface area contributed by atoms with Crippen molar-refractivity contribution in [2.24, 2.45) is 0 Å². The van der Waals surface area contributed by atoms with Crippen LogP contribution in [0.15, 0.2) is 65.6 Å². The number of nitriles is 1. The lowest BCUT2D eigenvalue weighted by atomic mass is 9.91. The molecule has 10 heteroatoms. The van der Waals surface area contributed by atoms with Crippen molar-refractivity contribution >= 4 is 44.8 Å². The topological polar surface area (TPSA) is 90.3 Å². The molecule has 1 fully saturated rings. The van der Waals surface area contributed by atoms with Crippen molar-refractivity contribution in [2.45, 2.75) is 36.6 Å². The van der Waals surface area contributed by atoms with Gasteiger partial charge in [-0.15, -0.1) is 0 Å². The first-order valence-corrected chi connectivity index (χ1v) is 13.3. The number of carbonyl (C=O) groups is 1. The predicted molar refractivity (Wildman–Crippen MR) is 137 cm³/mol. The van der Waals surface area contributed by atoms with Crippen LogP contribution in [0, 0.1) is 24.1 Å². The Labute approximate surface area is 219 Å². The summed E-state index contributed by atoms with van der Waals surface area (Å²) in [5.41, 5.74) is 2.40. The third-order valence-corrected chi connectivity index (χ3v) is 8.67. The van der Waals surface area contributed by atoms with Crippen LogP contribution in [0.2, 0.25) is 10.0 Å². The molecule has 1 aliphatic heterocycles. The second-order valence-electron chi connectivity index (χ2n) is 8.52. The van der Waals surface area contributed by atoms with Crippen LogP contribution in [0.4, 0.5) is 10.1 Å². The Morgan fingerprint density at radius 2 is 1.81 bits per heavy atom. The summed E-state index contributed by atoms with van der Waals surface area (Å²) >= 11 is 12.5. The minimum absolute atomic E-state index is 0.0723. The number of aryl methyl sites for hydroxylation is 1. The van der Waals surface area contributed by atoms with Gasteiger partial charge < -0.3 is 5.32 Å². The minimum atomic E-state index is -3.98. The van der Waals surface area contributed by atoms with Crippen LogP contribution in [0.3, 0.4) is 0 Å². The molecule has 4 rings (SSSR count). The summed E-state index contributed by atoms with van der Waals surface area (Å²) in [5, 5.41) is 13.4. The molecule has 0 bridgehead atoms. The quantitative estimate of drug-likeness (QED) is 0.418. The van der Waals surface area contributed by atoms with Crippen molar-refractivity contribution in [3.8, 4) is 6.07 Å². The van der Waals surface area contributed by atoms with Crippen LogP contribution < -0.4 is 5.32 Å². The van der Waals surface area contributed by atoms with E-state index < -0.39 is 33.7 Å². The molecule has 3 aromatic carbocycles. The van der Waals surface area contributed by atoms with Crippen molar-refractivity contribution in [2.75, 3.05) is 11.9 Å². The Morgan fingerprint density at radius 1 is 1.14 bits per heavy atom. The Morgan fingerprint density at radius 3 is 2.44 bits per heavy atom. The number of sulfonamides is 1. The highest BCUT2D eigenvalue weighted by Gasteiger charge is 2.39. The summed E-state index contributed by atoms with van der Waals surface area (Å²) < 4.78 is 40.6. The monoisotopic (exact) mass is 545 g/mol. The zero-order valence-corrected chi connectivity index (χ0v) is 21.5. The van der Waals surface area contributed by atoms with E-state index in [0.717, 1.165) is 22.0 Å². The van der Waals surface area contributed by atoms with E-state index in [2.05, 4.69) is 11.4 Å². The molecule has 1 saturated heterocycles. The van der Waals surface area contributed by atoms with Gasteiger partial charge in [0.15, 0.2) is 0 Å². The molecule has 0 spiro atoms. The average molecular weight is 546 g/mol. The van der Waals surface area contributed by atoms with Gasteiger partial charge in [-0.1, -0.05) is 41.4 Å². The van der Waals surface area contributed by atoms with Crippen molar-refractivity contribution < 1.29 is 17.6 Å². The van der Waals surface area contributed by atoms with Crippen LogP contribution in [-0.4, -0.2) is 31.2 Å². The molecule has 0 radical (unpaired) electrons. The minimum Gasteiger partial charge on any atom is -0.324 e. The lowest BCUT2D eigenvalue weighted by Gasteiger charge is -2.24. The fourth-order valence-electron chi connectivity index (χ4n) is 4.29. The highest BCUT2D eigenvalue weighted by molar-refractivity contribution is 7.89. The summed E-state index contributed by atoms with van der Waals surface area (Å²) in [6, 6.07) is 16.1. The highest BCUT2D eigenvalue weighted by atomic mass is 35.5. The summed E-state index contributed by atoms with van der Waals surface area (Å²) in [5.74, 6) is -1.67. The number of benzene rings is 3. The molecule has 1 aliphatic rings. The molecule has 1 heterocycles. The predicted octanol–water partition coefficient (Wildman–Crippen LogP) is 5.89. The van der Waals surface area contributed by atoms with Gasteiger partial charge in [-0.05, 0) is 78.9 Å². The first-order valence-electron chi connectivity index (χ1n) is 11.1. The number of hydrogen-bond acceptors (Lipinski definition) is 4. The molecular formula is C26H22Cl2FN3O3S. The van der Waals surface area contributed by atoms with Crippen LogP contribution in [0.25, 0.3) is 0 Å². The van der Waals surface area contributed by atoms with E-state index in [1.165, 1.54) is 12.1 Å². The normalized spacial score (nSPS) is 16.9. The summed E-state index contributed by atoms with van der Waals surface area (Å²) in [4.78, 5) is 13.1. The summed E-state index contributed by atoms with van der Waals surface area (Å²) in [6.45, 7) is 1.95. The molecule has 1 N–H and O–H groups in total. The van der Waals surface area contributed by atoms with Crippen molar-refractivity contribution in [1.29, 1.82) is 5.26 Å². The van der Waals surface area contributed by atoms with Crippen LogP contribution >= 0.6 is 23.2 Å². The van der Waals surface area contributed by atoms with Crippen molar-refractivity contribution in [1.82, 2.24) is 4.31 Å². The molecule has 6 nitrogen and oxygen atoms in total. The molecule has 1 amide bonds. The van der Waals surface area contributed by atoms with E-state index in [1.807, 2.05) is 0 Å². The van der Waals surface area contributed by atoms with Gasteiger partial charge in [0.05, 0.1) is 16.9 Å². The fraction of sp³-hybridized carbons (Fsp3) is 0.231. The maximum atomic E-state index is 13.3. The fourth-order valence-corrected chi connectivity index (χ4v) is 6.34. The Hall–Kier alpha value is -2.96. The zero-order valence-electron chi connectivity index (χ0n) is 19.2. The van der Waals surface area contributed by atoms with Gasteiger partial charge in [-0.3, -0.25) is 4.79 Å². The molecule has 0 unspecified atom stereocenters. The number of rotatable bonds is 6. The van der Waals surface area contributed by atoms with Crippen molar-refractivity contribution in [3.05, 3.63) is 93.2 Å². The first-order chi connectivity index (χ1) is 17.1. The molecule has 2 atom stereocenters. The Kier molecular flexibility index (Phi) is 7.67. The van der Waals surface area contributed by atoms with E-state index in [9.17, 15) is 22.9 Å². The van der Waals surface area contributed by atoms with E-state index in [0.29, 0.717) is 39.7 Å². The van der Waals surface area contributed by atoms with Crippen LogP contribution in [-0.2, 0) is 14.8 Å². The summed E-state index contributed by atoms with van der Waals surface area (Å²) in [7, 11) is -3.98. The maximum Gasteiger partial charge on any atom is 0.243 e. The van der Waals surface area contributed by atoms with Gasteiger partial charge in [0.25, 0.3) is 0 Å². The molecule has 0 saturated carbocycles. The Bertz CT molecular complexity index is 1440. The van der Waals surface area contributed by atoms with Crippen molar-refractivity contribution in [3.63, 3.8) is 0 Å². The largest absolute Gasteiger partial charge is 0.324 e. The second-order valence-corrected chi connectivity index (χ2v) is 11.3. The number of anilines is 1. The van der Waals surface area contributed by atoms with Gasteiger partial charge in [0.1, 0.15) is 11.9 Å². The van der Waals surface area contributed by atoms with Gasteiger partial charge >= 0.3 is 0 Å². The van der Waals surface area contributed by atoms with E-state index in [4.69, 9.17) is 23.2 Å². The van der Waals surface area contributed by atoms with Gasteiger partial charge in [-0.25, -0.2) is 12.8 Å². The molecule has 0 aliphatic carbocycles. The number of halogens is 3. The number of nitrogens with one attached hydrogen (secondary N) is 1. The average Bonchev–Trinajstić information content (AvgIpc) is 3.35. The first kappa shape index (κ1) is 26.1. The molecule has 36 heavy (non-hydrogen) atoms. The third-order valence-electron chi connectivity index (χ3n) is 6.17. The number of carbonyl (C=O) groups excluding carboxylic acids is 1. The number of nitrogens with zero attached hydrogens (tertiary/aromatic N) is 2. The van der Waals surface area contributed by atoms with E-state index in [1.54, 1.807) is 43.3 Å². The molecule has 3 aromatic rings. The van der Waals surface area contributed by atoms with E-state index >= 15 is 0 Å². The number of amides is 1. The SMILES string of the molecule is Cc1cc([C@@H](C#N)c2ccc(Cl)cc2)c(Cl)cc1NC(=O)[C@@H]1CCCN1S(=O)(=O)c1ccc(F)cc1. The van der Waals surface area contributed by atoms with E-state index in [-0.39, 0.29) is 11.4 Å². The summed E-state index contributed by atoms with van der Waals surface area (Å²) in [6.07, 6.45) is 0.867. The Balaban J connectivity index is 1.57. The smallest absolute Gasteiger partial charge is 0.243 e. The lowest BCUT2D eigenvalue weighted by Crippen LogP contribution is -2.43. The number of hydrogen-bond donors (Lipinski definition) is 1. The molecule has 186 valence electrons. The van der Waals surface area contributed by atoms with Gasteiger partial charge in [-0.2, -0.15) is 9.57 Å². The molecule has 0 aromatic heterocycles. The second kappa shape index (κ2) is 10.6. The lowest BCUT2D eigenvalue weighted by molar-refractivity contribution is -0.119. The van der Waals surface area contributed by atoms with Crippen LogP contribution in [0.5, 0.6) is 0 Å². The zero-order chi connectivity index (χ0) is 26.0. The highest BCUT2D eigenvalue weighted by Crippen LogP contribution is 2.35. The molecular weight excluding hydrogens is 524 g/mol. The maximum absolute atomic E-state index is 13.3. The van der Waals surface area contributed by atoms with Crippen LogP contribution in [0.1, 0.15) is 35.4 Å². The van der Waals surface area contributed by atoms with Gasteiger partial charge in [0.2, 0.25) is 15.9 Å². The third kappa shape index (κ3) is 5.25. The van der Waals surface area contributed by atoms with Gasteiger partial charge in [0, 0.05) is 22.3 Å². The standard InChI is InChI=1S/C26H22Cl2FN3O3S/c1-16-13-21(22(15-30)17-4-6-18(27)7-5-17)23(28)14-24(16)31-26(33)25-3-2-12-32(25)36(34,35)20-10-8-19(29)9-11-20/h4-11,13-14,22,25H,2-3,12H2,1H3,(H,31,33)/t22-,25-/m0/s1.